The first-order chi connectivity index (χ1) is 23.7. The number of nitro benzene ring substituents is 1. The summed E-state index contributed by atoms with van der Waals surface area (Å²) in [6.45, 7) is 6.36. The number of nitrogens with two attached hydrogens (primary N) is 1. The summed E-state index contributed by atoms with van der Waals surface area (Å²) in [5, 5.41) is 22.1. The molecule has 1 atom stereocenters. The summed E-state index contributed by atoms with van der Waals surface area (Å²) in [5.41, 5.74) is 9.37. The Balaban J connectivity index is 1.40. The summed E-state index contributed by atoms with van der Waals surface area (Å²) in [6.07, 6.45) is 21.0. The molecule has 3 aromatic rings. The van der Waals surface area contributed by atoms with Gasteiger partial charge in [0.2, 0.25) is 0 Å². The minimum atomic E-state index is -1.41. The molecular weight excluding hydrogens is 612 g/mol. The molecule has 266 valence electrons. The lowest BCUT2D eigenvalue weighted by molar-refractivity contribution is -0.384. The van der Waals surface area contributed by atoms with Crippen LogP contribution in [0.15, 0.2) is 54.6 Å². The van der Waals surface area contributed by atoms with Gasteiger partial charge in [0.1, 0.15) is 11.1 Å². The molecule has 3 aromatic carbocycles. The van der Waals surface area contributed by atoms with E-state index in [2.05, 4.69) is 38.1 Å². The van der Waals surface area contributed by atoms with Gasteiger partial charge in [0, 0.05) is 0 Å². The lowest BCUT2D eigenvalue weighted by Gasteiger charge is -2.28. The predicted octanol–water partition coefficient (Wildman–Crippen LogP) is 12.0. The Morgan fingerprint density at radius 1 is 0.837 bits per heavy atom. The van der Waals surface area contributed by atoms with Crippen molar-refractivity contribution < 1.29 is 19.6 Å². The van der Waals surface area contributed by atoms with E-state index in [0.717, 1.165) is 67.6 Å². The number of aromatic carboxylic acids is 1. The van der Waals surface area contributed by atoms with Gasteiger partial charge in [-0.1, -0.05) is 146 Å². The first kappa shape index (κ1) is 37.9. The number of carboxylic acid groups (broad SMARTS) is 1. The van der Waals surface area contributed by atoms with Crippen molar-refractivity contribution in [2.75, 3.05) is 5.73 Å². The molecule has 0 bridgehead atoms. The van der Waals surface area contributed by atoms with Crippen molar-refractivity contribution in [1.29, 1.82) is 0 Å². The average Bonchev–Trinajstić information content (AvgIpc) is 3.10. The van der Waals surface area contributed by atoms with Gasteiger partial charge in [0.05, 0.1) is 16.7 Å². The second kappa shape index (κ2) is 19.4. The summed E-state index contributed by atoms with van der Waals surface area (Å²) in [6, 6.07) is 17.2. The number of unbranched alkanes of at least 4 members (excludes halogenated alkanes) is 6. The van der Waals surface area contributed by atoms with E-state index in [1.165, 1.54) is 76.2 Å². The fraction of sp³-hybridized carbons (Fsp3) is 0.548. The number of carboxylic acids is 1. The van der Waals surface area contributed by atoms with Crippen molar-refractivity contribution in [3.8, 4) is 28.0 Å². The maximum atomic E-state index is 12.3. The van der Waals surface area contributed by atoms with Gasteiger partial charge in [-0.3, -0.25) is 10.1 Å². The maximum Gasteiger partial charge on any atom is 0.342 e. The van der Waals surface area contributed by atoms with Crippen LogP contribution in [0, 0.1) is 22.0 Å². The largest absolute Gasteiger partial charge is 0.488 e. The van der Waals surface area contributed by atoms with Gasteiger partial charge in [-0.25, -0.2) is 4.79 Å². The summed E-state index contributed by atoms with van der Waals surface area (Å²) in [5.74, 6) is 0.643. The molecule has 0 heterocycles. The second-order valence-electron chi connectivity index (χ2n) is 14.3. The molecule has 0 amide bonds. The molecule has 0 aromatic heterocycles. The molecule has 7 heteroatoms. The van der Waals surface area contributed by atoms with Crippen molar-refractivity contribution >= 4 is 17.3 Å². The highest BCUT2D eigenvalue weighted by molar-refractivity contribution is 6.01. The normalized spacial score (nSPS) is 16.7. The predicted molar refractivity (Wildman–Crippen MR) is 201 cm³/mol. The SMILES string of the molecule is CCCCCC[C@@H](C)Oc1c(N)cc(C(=O)O)c([N+](=O)[O-])c1-c1ccc(-c2ccc(CCCCC3CCC(CCCCC)CC3)cc2)cc1. The van der Waals surface area contributed by atoms with Crippen LogP contribution in [0.2, 0.25) is 0 Å². The van der Waals surface area contributed by atoms with Gasteiger partial charge in [-0.2, -0.15) is 0 Å². The van der Waals surface area contributed by atoms with Crippen LogP contribution in [0.1, 0.15) is 139 Å². The standard InChI is InChI=1S/C42H58N2O5/c1-4-6-8-10-13-30(3)49-41-38(43)29-37(42(45)46)40(44(47)48)39(41)36-27-25-35(26-28-36)34-23-21-33(22-24-34)16-12-11-15-32-19-17-31(18-20-32)14-9-7-5-2/h21-32H,4-20,43H2,1-3H3,(H,45,46)/t30-,31?,32?/m1/s1. The smallest absolute Gasteiger partial charge is 0.342 e. The molecule has 0 saturated heterocycles. The topological polar surface area (TPSA) is 116 Å². The van der Waals surface area contributed by atoms with E-state index in [1.807, 2.05) is 19.1 Å². The quantitative estimate of drug-likeness (QED) is 0.0535. The highest BCUT2D eigenvalue weighted by atomic mass is 16.6. The van der Waals surface area contributed by atoms with E-state index in [-0.39, 0.29) is 23.1 Å². The van der Waals surface area contributed by atoms with Gasteiger partial charge in [0.25, 0.3) is 5.69 Å². The van der Waals surface area contributed by atoms with Crippen LogP contribution in [-0.2, 0) is 6.42 Å². The average molecular weight is 671 g/mol. The molecule has 0 spiro atoms. The Labute approximate surface area is 293 Å². The Hall–Kier alpha value is -3.87. The van der Waals surface area contributed by atoms with Crippen molar-refractivity contribution in [1.82, 2.24) is 0 Å². The van der Waals surface area contributed by atoms with E-state index < -0.39 is 22.1 Å². The van der Waals surface area contributed by atoms with Gasteiger partial charge in [-0.05, 0) is 72.8 Å². The zero-order valence-corrected chi connectivity index (χ0v) is 30.1. The number of hydrogen-bond acceptors (Lipinski definition) is 5. The number of nitrogen functional groups attached to an aromatic ring is 1. The fourth-order valence-electron chi connectivity index (χ4n) is 7.49. The Bertz CT molecular complexity index is 1480. The van der Waals surface area contributed by atoms with Gasteiger partial charge >= 0.3 is 5.97 Å². The van der Waals surface area contributed by atoms with Crippen LogP contribution >= 0.6 is 0 Å². The minimum absolute atomic E-state index is 0.0725. The molecule has 0 aliphatic heterocycles. The maximum absolute atomic E-state index is 12.3. The molecule has 7 nitrogen and oxygen atoms in total. The molecule has 4 rings (SSSR count). The minimum Gasteiger partial charge on any atom is -0.488 e. The number of nitro groups is 1. The molecule has 1 aliphatic rings. The van der Waals surface area contributed by atoms with E-state index in [0.29, 0.717) is 5.56 Å². The van der Waals surface area contributed by atoms with Crippen molar-refractivity contribution in [3.05, 3.63) is 75.8 Å². The van der Waals surface area contributed by atoms with Gasteiger partial charge in [0.15, 0.2) is 5.75 Å². The van der Waals surface area contributed by atoms with E-state index in [4.69, 9.17) is 10.5 Å². The van der Waals surface area contributed by atoms with E-state index in [1.54, 1.807) is 12.1 Å². The summed E-state index contributed by atoms with van der Waals surface area (Å²) < 4.78 is 6.24. The van der Waals surface area contributed by atoms with Crippen LogP contribution in [-0.4, -0.2) is 22.1 Å². The number of nitrogens with zero attached hydrogens (tertiary/aromatic N) is 1. The third-order valence-corrected chi connectivity index (χ3v) is 10.4. The van der Waals surface area contributed by atoms with Crippen LogP contribution in [0.3, 0.4) is 0 Å². The zero-order valence-electron chi connectivity index (χ0n) is 30.1. The summed E-state index contributed by atoms with van der Waals surface area (Å²) in [4.78, 5) is 23.7. The molecular formula is C42H58N2O5. The number of rotatable bonds is 20. The highest BCUT2D eigenvalue weighted by Gasteiger charge is 2.32. The number of aryl methyl sites for hydroxylation is 1. The molecule has 0 radical (unpaired) electrons. The first-order valence-corrected chi connectivity index (χ1v) is 18.9. The molecule has 1 aliphatic carbocycles. The van der Waals surface area contributed by atoms with Gasteiger partial charge in [-0.15, -0.1) is 0 Å². The second-order valence-corrected chi connectivity index (χ2v) is 14.3. The third-order valence-electron chi connectivity index (χ3n) is 10.4. The lowest BCUT2D eigenvalue weighted by Crippen LogP contribution is -2.15. The summed E-state index contributed by atoms with van der Waals surface area (Å²) in [7, 11) is 0. The van der Waals surface area contributed by atoms with Crippen LogP contribution < -0.4 is 10.5 Å². The monoisotopic (exact) mass is 670 g/mol. The van der Waals surface area contributed by atoms with Crippen LogP contribution in [0.25, 0.3) is 22.3 Å². The van der Waals surface area contributed by atoms with Crippen LogP contribution in [0.5, 0.6) is 5.75 Å². The van der Waals surface area contributed by atoms with E-state index >= 15 is 0 Å². The molecule has 0 unspecified atom stereocenters. The Kier molecular flexibility index (Phi) is 15.0. The third kappa shape index (κ3) is 11.1. The number of benzene rings is 3. The lowest BCUT2D eigenvalue weighted by atomic mass is 9.78. The van der Waals surface area contributed by atoms with E-state index in [9.17, 15) is 20.0 Å². The fourth-order valence-corrected chi connectivity index (χ4v) is 7.49. The molecule has 1 saturated carbocycles. The van der Waals surface area contributed by atoms with Gasteiger partial charge < -0.3 is 15.6 Å². The Morgan fingerprint density at radius 2 is 1.37 bits per heavy atom. The van der Waals surface area contributed by atoms with Crippen molar-refractivity contribution in [2.24, 2.45) is 11.8 Å². The number of hydrogen-bond donors (Lipinski definition) is 2. The molecule has 1 fully saturated rings. The van der Waals surface area contributed by atoms with Crippen molar-refractivity contribution in [2.45, 2.75) is 136 Å². The first-order valence-electron chi connectivity index (χ1n) is 18.9. The number of carbonyl (C=O) groups is 1. The van der Waals surface area contributed by atoms with Crippen LogP contribution in [0.4, 0.5) is 11.4 Å². The summed E-state index contributed by atoms with van der Waals surface area (Å²) >= 11 is 0. The number of anilines is 1. The molecule has 3 N–H and O–H groups in total. The number of ether oxygens (including phenoxy) is 1. The van der Waals surface area contributed by atoms with Crippen molar-refractivity contribution in [3.63, 3.8) is 0 Å². The zero-order chi connectivity index (χ0) is 35.2. The molecule has 49 heavy (non-hydrogen) atoms. The Morgan fingerprint density at radius 3 is 1.92 bits per heavy atom. The highest BCUT2D eigenvalue weighted by Crippen LogP contribution is 2.45.